The van der Waals surface area contributed by atoms with Crippen LogP contribution in [0.2, 0.25) is 0 Å². The second-order valence-electron chi connectivity index (χ2n) is 7.93. The molecule has 0 amide bonds. The van der Waals surface area contributed by atoms with Crippen molar-refractivity contribution in [3.63, 3.8) is 0 Å². The normalized spacial score (nSPS) is 14.4. The van der Waals surface area contributed by atoms with Crippen molar-refractivity contribution >= 4 is 16.6 Å². The van der Waals surface area contributed by atoms with Gasteiger partial charge >= 0.3 is 0 Å². The maximum atomic E-state index is 5.84. The Morgan fingerprint density at radius 3 is 2.53 bits per heavy atom. The molecule has 1 heterocycles. The van der Waals surface area contributed by atoms with Gasteiger partial charge in [0.15, 0.2) is 11.5 Å². The molecule has 1 aliphatic carbocycles. The Morgan fingerprint density at radius 2 is 1.75 bits per heavy atom. The van der Waals surface area contributed by atoms with E-state index in [1.165, 1.54) is 22.1 Å². The molecule has 4 nitrogen and oxygen atoms in total. The molecule has 0 saturated heterocycles. The number of ether oxygens (including phenoxy) is 2. The van der Waals surface area contributed by atoms with E-state index in [9.17, 15) is 0 Å². The molecule has 0 bridgehead atoms. The van der Waals surface area contributed by atoms with E-state index in [1.807, 2.05) is 18.2 Å². The number of hydrogen-bond acceptors (Lipinski definition) is 4. The number of anilines is 1. The van der Waals surface area contributed by atoms with Gasteiger partial charge in [-0.3, -0.25) is 0 Å². The van der Waals surface area contributed by atoms with Crippen molar-refractivity contribution in [3.8, 4) is 22.8 Å². The lowest BCUT2D eigenvalue weighted by Crippen LogP contribution is -2.16. The largest absolute Gasteiger partial charge is 0.493 e. The molecular formula is C28H26N2O2. The first kappa shape index (κ1) is 20.1. The van der Waals surface area contributed by atoms with Crippen molar-refractivity contribution in [1.29, 1.82) is 0 Å². The summed E-state index contributed by atoms with van der Waals surface area (Å²) in [5.41, 5.74) is 5.84. The van der Waals surface area contributed by atoms with Crippen LogP contribution in [0.4, 0.5) is 5.82 Å². The number of benzene rings is 3. The fourth-order valence-electron chi connectivity index (χ4n) is 4.85. The molecule has 0 saturated carbocycles. The van der Waals surface area contributed by atoms with E-state index in [2.05, 4.69) is 66.5 Å². The minimum Gasteiger partial charge on any atom is -0.493 e. The zero-order valence-corrected chi connectivity index (χ0v) is 18.4. The lowest BCUT2D eigenvalue weighted by atomic mass is 9.75. The molecular weight excluding hydrogens is 396 g/mol. The number of para-hydroxylation sites is 1. The third-order valence-corrected chi connectivity index (χ3v) is 6.22. The summed E-state index contributed by atoms with van der Waals surface area (Å²) in [5, 5.41) is 5.75. The van der Waals surface area contributed by atoms with Crippen molar-refractivity contribution in [1.82, 2.24) is 4.98 Å². The summed E-state index contributed by atoms with van der Waals surface area (Å²) in [6.45, 7) is 4.51. The highest BCUT2D eigenvalue weighted by molar-refractivity contribution is 5.99. The van der Waals surface area contributed by atoms with Crippen molar-refractivity contribution in [3.05, 3.63) is 96.1 Å². The molecule has 0 aliphatic heterocycles. The standard InChI is InChI=1S/C28H26N2O2/c1-4-16-29-28-22-13-8-7-12-20(22)25-23(21-14-9-15-24(31-2)27(21)32-3)17-18-10-5-6-11-19(18)26(25)30-28/h4-15,23H,1,16-17H2,2-3H3,(H,29,30). The van der Waals surface area contributed by atoms with E-state index < -0.39 is 0 Å². The van der Waals surface area contributed by atoms with Gasteiger partial charge in [0, 0.05) is 29.0 Å². The molecule has 32 heavy (non-hydrogen) atoms. The van der Waals surface area contributed by atoms with Crippen molar-refractivity contribution in [2.45, 2.75) is 12.3 Å². The Hall–Kier alpha value is -3.79. The first-order valence-electron chi connectivity index (χ1n) is 10.8. The minimum absolute atomic E-state index is 0.0933. The van der Waals surface area contributed by atoms with Gasteiger partial charge in [-0.05, 0) is 29.0 Å². The molecule has 1 aliphatic rings. The number of rotatable bonds is 6. The van der Waals surface area contributed by atoms with Crippen LogP contribution in [0.15, 0.2) is 79.4 Å². The lowest BCUT2D eigenvalue weighted by molar-refractivity contribution is 0.350. The zero-order valence-electron chi connectivity index (χ0n) is 18.4. The molecule has 4 aromatic rings. The summed E-state index contributed by atoms with van der Waals surface area (Å²) in [5.74, 6) is 2.50. The third kappa shape index (κ3) is 3.19. The zero-order chi connectivity index (χ0) is 22.1. The van der Waals surface area contributed by atoms with Gasteiger partial charge < -0.3 is 14.8 Å². The number of aromatic nitrogens is 1. The van der Waals surface area contributed by atoms with Gasteiger partial charge in [0.05, 0.1) is 19.9 Å². The quantitative estimate of drug-likeness (QED) is 0.376. The van der Waals surface area contributed by atoms with Crippen LogP contribution >= 0.6 is 0 Å². The van der Waals surface area contributed by atoms with Gasteiger partial charge in [-0.1, -0.05) is 66.7 Å². The summed E-state index contributed by atoms with van der Waals surface area (Å²) in [7, 11) is 3.39. The average Bonchev–Trinajstić information content (AvgIpc) is 2.86. The van der Waals surface area contributed by atoms with E-state index in [1.54, 1.807) is 14.2 Å². The van der Waals surface area contributed by atoms with Gasteiger partial charge in [-0.15, -0.1) is 6.58 Å². The van der Waals surface area contributed by atoms with Crippen LogP contribution < -0.4 is 14.8 Å². The smallest absolute Gasteiger partial charge is 0.164 e. The first-order chi connectivity index (χ1) is 15.8. The maximum Gasteiger partial charge on any atom is 0.164 e. The monoisotopic (exact) mass is 422 g/mol. The Kier molecular flexibility index (Phi) is 5.28. The molecule has 1 N–H and O–H groups in total. The summed E-state index contributed by atoms with van der Waals surface area (Å²) in [4.78, 5) is 5.16. The third-order valence-electron chi connectivity index (χ3n) is 6.22. The molecule has 1 unspecified atom stereocenters. The molecule has 1 atom stereocenters. The molecule has 4 heteroatoms. The molecule has 0 radical (unpaired) electrons. The fourth-order valence-corrected chi connectivity index (χ4v) is 4.85. The van der Waals surface area contributed by atoms with Crippen LogP contribution in [0.1, 0.15) is 22.6 Å². The molecule has 5 rings (SSSR count). The highest BCUT2D eigenvalue weighted by atomic mass is 16.5. The van der Waals surface area contributed by atoms with Crippen LogP contribution in [-0.4, -0.2) is 25.7 Å². The van der Waals surface area contributed by atoms with Crippen LogP contribution in [0, 0.1) is 0 Å². The Labute approximate surface area is 188 Å². The Bertz CT molecular complexity index is 1310. The van der Waals surface area contributed by atoms with Gasteiger partial charge in [0.25, 0.3) is 0 Å². The summed E-state index contributed by atoms with van der Waals surface area (Å²) >= 11 is 0. The van der Waals surface area contributed by atoms with E-state index in [-0.39, 0.29) is 5.92 Å². The van der Waals surface area contributed by atoms with Crippen molar-refractivity contribution < 1.29 is 9.47 Å². The SMILES string of the molecule is C=CCNc1nc2c(c3ccccc13)C(c1cccc(OC)c1OC)Cc1ccccc1-2. The van der Waals surface area contributed by atoms with E-state index in [0.29, 0.717) is 6.54 Å². The van der Waals surface area contributed by atoms with E-state index >= 15 is 0 Å². The number of methoxy groups -OCH3 is 2. The predicted octanol–water partition coefficient (Wildman–Crippen LogP) is 6.20. The Balaban J connectivity index is 1.84. The van der Waals surface area contributed by atoms with E-state index in [4.69, 9.17) is 14.5 Å². The number of pyridine rings is 1. The van der Waals surface area contributed by atoms with Crippen LogP contribution in [0.5, 0.6) is 11.5 Å². The topological polar surface area (TPSA) is 43.4 Å². The number of fused-ring (bicyclic) bond motifs is 5. The maximum absolute atomic E-state index is 5.84. The number of nitrogens with zero attached hydrogens (tertiary/aromatic N) is 1. The van der Waals surface area contributed by atoms with Crippen molar-refractivity contribution in [2.24, 2.45) is 0 Å². The first-order valence-corrected chi connectivity index (χ1v) is 10.8. The lowest BCUT2D eigenvalue weighted by Gasteiger charge is -2.31. The summed E-state index contributed by atoms with van der Waals surface area (Å²) < 4.78 is 11.5. The Morgan fingerprint density at radius 1 is 0.969 bits per heavy atom. The molecule has 0 spiro atoms. The second-order valence-corrected chi connectivity index (χ2v) is 7.93. The van der Waals surface area contributed by atoms with Gasteiger partial charge in [-0.2, -0.15) is 0 Å². The highest BCUT2D eigenvalue weighted by Crippen LogP contribution is 2.49. The molecule has 160 valence electrons. The van der Waals surface area contributed by atoms with Gasteiger partial charge in [0.1, 0.15) is 5.82 Å². The average molecular weight is 423 g/mol. The number of nitrogens with one attached hydrogen (secondary N) is 1. The number of hydrogen-bond donors (Lipinski definition) is 1. The predicted molar refractivity (Wildman–Crippen MR) is 131 cm³/mol. The second kappa shape index (κ2) is 8.39. The summed E-state index contributed by atoms with van der Waals surface area (Å²) in [6.07, 6.45) is 2.73. The fraction of sp³-hybridized carbons (Fsp3) is 0.179. The van der Waals surface area contributed by atoms with Gasteiger partial charge in [-0.25, -0.2) is 4.98 Å². The van der Waals surface area contributed by atoms with Gasteiger partial charge in [0.2, 0.25) is 0 Å². The molecule has 3 aromatic carbocycles. The summed E-state index contributed by atoms with van der Waals surface area (Å²) in [6, 6.07) is 23.2. The highest BCUT2D eigenvalue weighted by Gasteiger charge is 2.32. The van der Waals surface area contributed by atoms with Crippen LogP contribution in [0.3, 0.4) is 0 Å². The van der Waals surface area contributed by atoms with Crippen LogP contribution in [-0.2, 0) is 6.42 Å². The van der Waals surface area contributed by atoms with Crippen LogP contribution in [0.25, 0.3) is 22.0 Å². The van der Waals surface area contributed by atoms with Crippen molar-refractivity contribution in [2.75, 3.05) is 26.1 Å². The molecule has 0 fully saturated rings. The molecule has 1 aromatic heterocycles. The van der Waals surface area contributed by atoms with E-state index in [0.717, 1.165) is 40.4 Å². The minimum atomic E-state index is 0.0933.